The number of carboxylic acid groups (broad SMARTS) is 1. The Morgan fingerprint density at radius 3 is 2.13 bits per heavy atom. The third-order valence-corrected chi connectivity index (χ3v) is 1.40. The lowest BCUT2D eigenvalue weighted by Gasteiger charge is -1.95. The van der Waals surface area contributed by atoms with Crippen LogP contribution >= 0.6 is 0 Å². The maximum absolute atomic E-state index is 10.3. The third kappa shape index (κ3) is 5.66. The molecule has 0 amide bonds. The van der Waals surface area contributed by atoms with E-state index in [-0.39, 0.29) is 17.9 Å². The Morgan fingerprint density at radius 1 is 1.40 bits per heavy atom. The fourth-order valence-electron chi connectivity index (χ4n) is 0.654. The number of hydrogen-bond acceptors (Lipinski definition) is 4. The lowest BCUT2D eigenvalue weighted by atomic mass is 10.2. The van der Waals surface area contributed by atoms with Crippen molar-refractivity contribution in [2.24, 2.45) is 0 Å². The number of phenols is 1. The molecule has 1 aromatic carbocycles. The van der Waals surface area contributed by atoms with Crippen molar-refractivity contribution in [1.82, 2.24) is 0 Å². The molecule has 0 aromatic heterocycles. The Morgan fingerprint density at radius 2 is 1.87 bits per heavy atom. The molecule has 1 unspecified atom stereocenters. The summed E-state index contributed by atoms with van der Waals surface area (Å²) in [6, 6.07) is 5.81. The lowest BCUT2D eigenvalue weighted by Crippen LogP contribution is -2.03. The highest BCUT2D eigenvalue weighted by Gasteiger charge is 2.05. The van der Waals surface area contributed by atoms with Crippen LogP contribution in [0, 0.1) is 0 Å². The van der Waals surface area contributed by atoms with Crippen LogP contribution in [-0.4, -0.2) is 39.1 Å². The Balaban J connectivity index is 0.000000336. The lowest BCUT2D eigenvalue weighted by molar-refractivity contribution is 0.0693. The van der Waals surface area contributed by atoms with Crippen molar-refractivity contribution >= 4 is 5.97 Å². The summed E-state index contributed by atoms with van der Waals surface area (Å²) in [5, 5.41) is 33.3. The summed E-state index contributed by atoms with van der Waals surface area (Å²) >= 11 is 0. The first kappa shape index (κ1) is 13.4. The number of aromatic carboxylic acids is 1. The zero-order chi connectivity index (χ0) is 11.8. The van der Waals surface area contributed by atoms with Crippen molar-refractivity contribution in [3.63, 3.8) is 0 Å². The molecule has 0 aliphatic heterocycles. The van der Waals surface area contributed by atoms with E-state index >= 15 is 0 Å². The Hall–Kier alpha value is -1.59. The van der Waals surface area contributed by atoms with Crippen molar-refractivity contribution in [1.29, 1.82) is 0 Å². The molecule has 1 rings (SSSR count). The van der Waals surface area contributed by atoms with Gasteiger partial charge in [-0.05, 0) is 19.1 Å². The molecule has 84 valence electrons. The van der Waals surface area contributed by atoms with Gasteiger partial charge in [0, 0.05) is 0 Å². The predicted molar refractivity (Wildman–Crippen MR) is 53.8 cm³/mol. The zero-order valence-corrected chi connectivity index (χ0v) is 8.29. The fourth-order valence-corrected chi connectivity index (χ4v) is 0.654. The van der Waals surface area contributed by atoms with Crippen molar-refractivity contribution < 1.29 is 25.2 Å². The minimum Gasteiger partial charge on any atom is -0.507 e. The van der Waals surface area contributed by atoms with Gasteiger partial charge in [-0.3, -0.25) is 0 Å². The molecule has 0 saturated heterocycles. The van der Waals surface area contributed by atoms with Gasteiger partial charge in [-0.15, -0.1) is 0 Å². The van der Waals surface area contributed by atoms with Crippen LogP contribution in [0.5, 0.6) is 5.75 Å². The van der Waals surface area contributed by atoms with Crippen LogP contribution in [0.1, 0.15) is 17.3 Å². The smallest absolute Gasteiger partial charge is 0.339 e. The van der Waals surface area contributed by atoms with Crippen LogP contribution in [-0.2, 0) is 0 Å². The molecule has 4 N–H and O–H groups in total. The fraction of sp³-hybridized carbons (Fsp3) is 0.300. The van der Waals surface area contributed by atoms with Crippen LogP contribution in [0.2, 0.25) is 0 Å². The van der Waals surface area contributed by atoms with Crippen molar-refractivity contribution in [2.45, 2.75) is 13.0 Å². The second kappa shape index (κ2) is 6.80. The van der Waals surface area contributed by atoms with E-state index in [0.29, 0.717) is 0 Å². The van der Waals surface area contributed by atoms with Crippen LogP contribution in [0.25, 0.3) is 0 Å². The van der Waals surface area contributed by atoms with E-state index in [0.717, 1.165) is 0 Å². The zero-order valence-electron chi connectivity index (χ0n) is 8.29. The third-order valence-electron chi connectivity index (χ3n) is 1.40. The van der Waals surface area contributed by atoms with Gasteiger partial charge in [0.15, 0.2) is 0 Å². The van der Waals surface area contributed by atoms with Gasteiger partial charge in [0.2, 0.25) is 0 Å². The number of aliphatic hydroxyl groups excluding tert-OH is 2. The molecule has 0 bridgehead atoms. The highest BCUT2D eigenvalue weighted by atomic mass is 16.4. The van der Waals surface area contributed by atoms with Gasteiger partial charge in [-0.2, -0.15) is 0 Å². The quantitative estimate of drug-likeness (QED) is 0.573. The number of aromatic hydroxyl groups is 1. The Bertz CT molecular complexity index is 308. The second-order valence-electron chi connectivity index (χ2n) is 2.85. The van der Waals surface area contributed by atoms with E-state index in [2.05, 4.69) is 0 Å². The summed E-state index contributed by atoms with van der Waals surface area (Å²) in [5.74, 6) is -1.31. The van der Waals surface area contributed by atoms with Crippen molar-refractivity contribution in [3.05, 3.63) is 29.8 Å². The van der Waals surface area contributed by atoms with Crippen LogP contribution in [0.3, 0.4) is 0 Å². The summed E-state index contributed by atoms with van der Waals surface area (Å²) < 4.78 is 0. The van der Waals surface area contributed by atoms with Crippen LogP contribution in [0.4, 0.5) is 0 Å². The first-order chi connectivity index (χ1) is 6.99. The number of carboxylic acids is 1. The molecular formula is C10H14O5. The molecule has 5 nitrogen and oxygen atoms in total. The first-order valence-corrected chi connectivity index (χ1v) is 4.29. The Kier molecular flexibility index (Phi) is 6.08. The maximum Gasteiger partial charge on any atom is 0.339 e. The molecule has 0 saturated carbocycles. The highest BCUT2D eigenvalue weighted by Crippen LogP contribution is 2.14. The minimum absolute atomic E-state index is 0.0671. The SMILES string of the molecule is CC(O)CO.O=C(O)c1ccccc1O. The average Bonchev–Trinajstić information content (AvgIpc) is 2.19. The van der Waals surface area contributed by atoms with E-state index in [1.165, 1.54) is 19.1 Å². The molecule has 0 fully saturated rings. The van der Waals surface area contributed by atoms with Gasteiger partial charge in [0.1, 0.15) is 11.3 Å². The molecule has 15 heavy (non-hydrogen) atoms. The number of para-hydroxylation sites is 1. The molecule has 0 heterocycles. The van der Waals surface area contributed by atoms with Gasteiger partial charge in [0.05, 0.1) is 12.7 Å². The standard InChI is InChI=1S/C7H6O3.C3H8O2/c8-6-4-2-1-3-5(6)7(9)10;1-3(5)2-4/h1-4,8H,(H,9,10);3-5H,2H2,1H3. The number of hydrogen-bond donors (Lipinski definition) is 4. The van der Waals surface area contributed by atoms with E-state index in [1.807, 2.05) is 0 Å². The predicted octanol–water partition coefficient (Wildman–Crippen LogP) is 0.450. The Labute approximate surface area is 87.2 Å². The second-order valence-corrected chi connectivity index (χ2v) is 2.85. The first-order valence-electron chi connectivity index (χ1n) is 4.29. The van der Waals surface area contributed by atoms with Crippen molar-refractivity contribution in [3.8, 4) is 5.75 Å². The van der Waals surface area contributed by atoms with Crippen LogP contribution < -0.4 is 0 Å². The average molecular weight is 214 g/mol. The van der Waals surface area contributed by atoms with E-state index in [4.69, 9.17) is 20.4 Å². The summed E-state index contributed by atoms with van der Waals surface area (Å²) in [7, 11) is 0. The molecule has 0 aliphatic rings. The maximum atomic E-state index is 10.3. The van der Waals surface area contributed by atoms with Gasteiger partial charge >= 0.3 is 5.97 Å². The number of aliphatic hydroxyl groups is 2. The summed E-state index contributed by atoms with van der Waals surface area (Å²) in [6.07, 6.45) is -0.560. The minimum atomic E-state index is -1.11. The number of carbonyl (C=O) groups is 1. The molecular weight excluding hydrogens is 200 g/mol. The van der Waals surface area contributed by atoms with E-state index < -0.39 is 12.1 Å². The molecule has 1 atom stereocenters. The molecule has 0 aliphatic carbocycles. The summed E-state index contributed by atoms with van der Waals surface area (Å²) in [6.45, 7) is 1.39. The number of benzene rings is 1. The van der Waals surface area contributed by atoms with Crippen LogP contribution in [0.15, 0.2) is 24.3 Å². The largest absolute Gasteiger partial charge is 0.507 e. The monoisotopic (exact) mass is 214 g/mol. The van der Waals surface area contributed by atoms with Gasteiger partial charge < -0.3 is 20.4 Å². The topological polar surface area (TPSA) is 98.0 Å². The molecule has 5 heteroatoms. The number of rotatable bonds is 2. The normalized spacial score (nSPS) is 11.1. The van der Waals surface area contributed by atoms with Gasteiger partial charge in [-0.1, -0.05) is 12.1 Å². The van der Waals surface area contributed by atoms with Gasteiger partial charge in [0.25, 0.3) is 0 Å². The van der Waals surface area contributed by atoms with Crippen molar-refractivity contribution in [2.75, 3.05) is 6.61 Å². The molecule has 1 aromatic rings. The molecule has 0 spiro atoms. The van der Waals surface area contributed by atoms with E-state index in [1.54, 1.807) is 12.1 Å². The highest BCUT2D eigenvalue weighted by molar-refractivity contribution is 5.90. The molecule has 0 radical (unpaired) electrons. The van der Waals surface area contributed by atoms with E-state index in [9.17, 15) is 4.79 Å². The summed E-state index contributed by atoms with van der Waals surface area (Å²) in [4.78, 5) is 10.3. The summed E-state index contributed by atoms with van der Waals surface area (Å²) in [5.41, 5.74) is -0.0671. The van der Waals surface area contributed by atoms with Gasteiger partial charge in [-0.25, -0.2) is 4.79 Å².